The van der Waals surface area contributed by atoms with Crippen LogP contribution in [0.3, 0.4) is 0 Å². The van der Waals surface area contributed by atoms with Crippen molar-refractivity contribution >= 4 is 34.6 Å². The van der Waals surface area contributed by atoms with Gasteiger partial charge in [0.1, 0.15) is 17.9 Å². The molecule has 0 spiro atoms. The van der Waals surface area contributed by atoms with E-state index in [-0.39, 0.29) is 41.4 Å². The summed E-state index contributed by atoms with van der Waals surface area (Å²) in [7, 11) is 1.56. The molecular weight excluding hydrogens is 442 g/mol. The molecule has 0 saturated heterocycles. The molecule has 0 unspecified atom stereocenters. The maximum absolute atomic E-state index is 11.3. The minimum absolute atomic E-state index is 0.0735. The Balaban J connectivity index is 1.77. The number of anilines is 1. The van der Waals surface area contributed by atoms with E-state index in [0.29, 0.717) is 24.3 Å². The first-order valence-corrected chi connectivity index (χ1v) is 10.1. The number of aromatic carboxylic acids is 1. The molecule has 0 atom stereocenters. The summed E-state index contributed by atoms with van der Waals surface area (Å²) in [5.41, 5.74) is 7.71. The number of nitrogens with zero attached hydrogens (tertiary/aromatic N) is 6. The van der Waals surface area contributed by atoms with Gasteiger partial charge in [-0.05, 0) is 23.8 Å². The molecule has 4 N–H and O–H groups in total. The summed E-state index contributed by atoms with van der Waals surface area (Å²) >= 11 is 0. The van der Waals surface area contributed by atoms with E-state index in [0.717, 1.165) is 5.56 Å². The number of carboxylic acids is 1. The predicted molar refractivity (Wildman–Crippen MR) is 122 cm³/mol. The molecule has 174 valence electrons. The van der Waals surface area contributed by atoms with Gasteiger partial charge in [-0.25, -0.2) is 9.78 Å². The SMILES string of the molecule is COCCOc1nc(N)c2nc(/N=N/c3ccc(O)c(C(=O)O)c3)n(Cc3ccccc3)c2n1. The van der Waals surface area contributed by atoms with Crippen molar-refractivity contribution in [2.24, 2.45) is 10.2 Å². The maximum Gasteiger partial charge on any atom is 0.339 e. The van der Waals surface area contributed by atoms with Crippen LogP contribution >= 0.6 is 0 Å². The first-order valence-electron chi connectivity index (χ1n) is 10.1. The van der Waals surface area contributed by atoms with Crippen molar-refractivity contribution in [3.8, 4) is 11.8 Å². The Morgan fingerprint density at radius 3 is 2.62 bits per heavy atom. The topological polar surface area (TPSA) is 170 Å². The van der Waals surface area contributed by atoms with Crippen LogP contribution in [0.25, 0.3) is 11.2 Å². The first kappa shape index (κ1) is 22.6. The third kappa shape index (κ3) is 4.91. The summed E-state index contributed by atoms with van der Waals surface area (Å²) in [5, 5.41) is 27.2. The highest BCUT2D eigenvalue weighted by atomic mass is 16.5. The molecule has 0 amide bonds. The lowest BCUT2D eigenvalue weighted by Crippen LogP contribution is -2.09. The number of fused-ring (bicyclic) bond motifs is 1. The van der Waals surface area contributed by atoms with Crippen molar-refractivity contribution in [3.63, 3.8) is 0 Å². The highest BCUT2D eigenvalue weighted by Crippen LogP contribution is 2.29. The fraction of sp³-hybridized carbons (Fsp3) is 0.182. The third-order valence-corrected chi connectivity index (χ3v) is 4.75. The molecule has 12 nitrogen and oxygen atoms in total. The highest BCUT2D eigenvalue weighted by Gasteiger charge is 2.18. The fourth-order valence-corrected chi connectivity index (χ4v) is 3.12. The summed E-state index contributed by atoms with van der Waals surface area (Å²) < 4.78 is 12.2. The largest absolute Gasteiger partial charge is 0.507 e. The average Bonchev–Trinajstić information content (AvgIpc) is 3.17. The number of azo groups is 1. The van der Waals surface area contributed by atoms with E-state index in [4.69, 9.17) is 15.2 Å². The van der Waals surface area contributed by atoms with Crippen LogP contribution < -0.4 is 10.5 Å². The van der Waals surface area contributed by atoms with Gasteiger partial charge in [-0.3, -0.25) is 4.57 Å². The Hall–Kier alpha value is -4.58. The Morgan fingerprint density at radius 2 is 1.88 bits per heavy atom. The lowest BCUT2D eigenvalue weighted by atomic mass is 10.2. The number of rotatable bonds is 9. The van der Waals surface area contributed by atoms with E-state index in [9.17, 15) is 15.0 Å². The lowest BCUT2D eigenvalue weighted by Gasteiger charge is -2.08. The average molecular weight is 463 g/mol. The van der Waals surface area contributed by atoms with E-state index in [1.807, 2.05) is 30.3 Å². The summed E-state index contributed by atoms with van der Waals surface area (Å²) in [6, 6.07) is 13.5. The van der Waals surface area contributed by atoms with Gasteiger partial charge in [-0.2, -0.15) is 9.97 Å². The second-order valence-corrected chi connectivity index (χ2v) is 7.10. The number of aromatic hydroxyl groups is 1. The van der Waals surface area contributed by atoms with E-state index in [1.54, 1.807) is 11.7 Å². The van der Waals surface area contributed by atoms with Crippen molar-refractivity contribution in [2.45, 2.75) is 6.54 Å². The van der Waals surface area contributed by atoms with Crippen LogP contribution in [0.2, 0.25) is 0 Å². The van der Waals surface area contributed by atoms with Crippen LogP contribution in [0.15, 0.2) is 58.8 Å². The lowest BCUT2D eigenvalue weighted by molar-refractivity contribution is 0.0693. The van der Waals surface area contributed by atoms with Gasteiger partial charge < -0.3 is 25.4 Å². The second-order valence-electron chi connectivity index (χ2n) is 7.10. The maximum atomic E-state index is 11.3. The first-order chi connectivity index (χ1) is 16.5. The molecule has 0 aliphatic heterocycles. The molecule has 0 fully saturated rings. The van der Waals surface area contributed by atoms with Gasteiger partial charge >= 0.3 is 12.0 Å². The van der Waals surface area contributed by atoms with Crippen molar-refractivity contribution in [1.82, 2.24) is 19.5 Å². The number of hydrogen-bond acceptors (Lipinski definition) is 10. The number of aromatic nitrogens is 4. The number of carboxylic acid groups (broad SMARTS) is 1. The molecule has 0 bridgehead atoms. The Bertz CT molecular complexity index is 1360. The smallest absolute Gasteiger partial charge is 0.339 e. The van der Waals surface area contributed by atoms with Crippen LogP contribution in [0.5, 0.6) is 11.8 Å². The molecule has 2 aromatic carbocycles. The van der Waals surface area contributed by atoms with Gasteiger partial charge in [0.15, 0.2) is 17.0 Å². The fourth-order valence-electron chi connectivity index (χ4n) is 3.12. The monoisotopic (exact) mass is 463 g/mol. The van der Waals surface area contributed by atoms with Crippen molar-refractivity contribution in [3.05, 3.63) is 59.7 Å². The van der Waals surface area contributed by atoms with Crippen LogP contribution in [0.1, 0.15) is 15.9 Å². The minimum Gasteiger partial charge on any atom is -0.507 e. The standard InChI is InChI=1S/C22H21N7O5/c1-33-9-10-34-22-25-18(23)17-19(26-22)29(12-13-5-3-2-4-6-13)21(24-17)28-27-14-7-8-16(30)15(11-14)20(31)32/h2-8,11,30H,9-10,12H2,1H3,(H,31,32)(H2,23,25,26)/b28-27+. The van der Waals surface area contributed by atoms with Crippen molar-refractivity contribution in [1.29, 1.82) is 0 Å². The molecule has 0 radical (unpaired) electrons. The number of benzene rings is 2. The van der Waals surface area contributed by atoms with E-state index in [2.05, 4.69) is 25.2 Å². The van der Waals surface area contributed by atoms with Crippen molar-refractivity contribution in [2.75, 3.05) is 26.1 Å². The number of nitrogen functional groups attached to an aromatic ring is 1. The molecule has 0 saturated carbocycles. The molecule has 2 heterocycles. The van der Waals surface area contributed by atoms with Gasteiger partial charge in [-0.1, -0.05) is 30.3 Å². The van der Waals surface area contributed by atoms with E-state index >= 15 is 0 Å². The summed E-state index contributed by atoms with van der Waals surface area (Å²) in [4.78, 5) is 24.3. The van der Waals surface area contributed by atoms with Gasteiger partial charge in [0.2, 0.25) is 0 Å². The van der Waals surface area contributed by atoms with Gasteiger partial charge in [0.25, 0.3) is 5.95 Å². The molecule has 12 heteroatoms. The van der Waals surface area contributed by atoms with E-state index in [1.165, 1.54) is 18.2 Å². The van der Waals surface area contributed by atoms with Gasteiger partial charge in [-0.15, -0.1) is 10.2 Å². The van der Waals surface area contributed by atoms with Gasteiger partial charge in [0.05, 0.1) is 18.8 Å². The normalized spacial score (nSPS) is 11.3. The molecular formula is C22H21N7O5. The van der Waals surface area contributed by atoms with Crippen molar-refractivity contribution < 1.29 is 24.5 Å². The zero-order chi connectivity index (χ0) is 24.1. The van der Waals surface area contributed by atoms with Crippen LogP contribution in [0, 0.1) is 0 Å². The van der Waals surface area contributed by atoms with E-state index < -0.39 is 5.97 Å². The highest BCUT2D eigenvalue weighted by molar-refractivity contribution is 5.91. The minimum atomic E-state index is -1.28. The zero-order valence-corrected chi connectivity index (χ0v) is 18.1. The predicted octanol–water partition coefficient (Wildman–Crippen LogP) is 3.30. The number of hydrogen-bond donors (Lipinski definition) is 3. The number of methoxy groups -OCH3 is 1. The molecule has 4 rings (SSSR count). The second kappa shape index (κ2) is 9.92. The number of phenols is 1. The Morgan fingerprint density at radius 1 is 1.09 bits per heavy atom. The summed E-state index contributed by atoms with van der Waals surface area (Å²) in [6.45, 7) is 0.957. The third-order valence-electron chi connectivity index (χ3n) is 4.75. The molecule has 0 aliphatic carbocycles. The van der Waals surface area contributed by atoms with Crippen LogP contribution in [-0.4, -0.2) is 56.0 Å². The quantitative estimate of drug-likeness (QED) is 0.249. The van der Waals surface area contributed by atoms with Gasteiger partial charge in [0, 0.05) is 7.11 Å². The molecule has 34 heavy (non-hydrogen) atoms. The number of imidazole rings is 1. The number of ether oxygens (including phenoxy) is 2. The number of nitrogens with two attached hydrogens (primary N) is 1. The summed E-state index contributed by atoms with van der Waals surface area (Å²) in [5.74, 6) is -1.36. The number of carbonyl (C=O) groups is 1. The zero-order valence-electron chi connectivity index (χ0n) is 18.1. The molecule has 2 aromatic heterocycles. The molecule has 0 aliphatic rings. The van der Waals surface area contributed by atoms with Crippen LogP contribution in [-0.2, 0) is 11.3 Å². The Kier molecular flexibility index (Phi) is 6.59. The Labute approximate surface area is 193 Å². The molecule has 4 aromatic rings. The summed E-state index contributed by atoms with van der Waals surface area (Å²) in [6.07, 6.45) is 0. The van der Waals surface area contributed by atoms with Crippen LogP contribution in [0.4, 0.5) is 17.5 Å².